The Morgan fingerprint density at radius 2 is 1.81 bits per heavy atom. The maximum Gasteiger partial charge on any atom is 0.246 e. The number of amides is 4. The van der Waals surface area contributed by atoms with E-state index in [1.807, 2.05) is 45.0 Å². The molecule has 2 unspecified atom stereocenters. The summed E-state index contributed by atoms with van der Waals surface area (Å²) >= 11 is 0. The van der Waals surface area contributed by atoms with Crippen LogP contribution in [0.25, 0.3) is 0 Å². The molecule has 7 rings (SSSR count). The summed E-state index contributed by atoms with van der Waals surface area (Å²) in [4.78, 5) is 57.9. The first-order valence-corrected chi connectivity index (χ1v) is 15.5. The van der Waals surface area contributed by atoms with E-state index < -0.39 is 23.5 Å². The van der Waals surface area contributed by atoms with Gasteiger partial charge in [-0.1, -0.05) is 39.0 Å². The van der Waals surface area contributed by atoms with Crippen LogP contribution in [0.3, 0.4) is 0 Å². The molecule has 4 saturated carbocycles. The third-order valence-corrected chi connectivity index (χ3v) is 10.9. The summed E-state index contributed by atoms with van der Waals surface area (Å²) in [7, 11) is 1.61. The van der Waals surface area contributed by atoms with Gasteiger partial charge in [0.1, 0.15) is 18.1 Å². The van der Waals surface area contributed by atoms with Crippen LogP contribution in [0.1, 0.15) is 78.2 Å². The Bertz CT molecular complexity index is 1360. The SMILES string of the molecule is C[C@H](NC(=O)C12CC3CC(C1)C(C3)C2)C(=O)N(C)[C@@H](CC(C)(C)C)C(=O)N1C[C@]2(C[C@H]1C#N)C(=O)Nc1ccccc12. The number of carbonyl (C=O) groups is 4. The molecule has 1 spiro atoms. The zero-order valence-corrected chi connectivity index (χ0v) is 25.4. The summed E-state index contributed by atoms with van der Waals surface area (Å²) in [6.45, 7) is 7.80. The third-order valence-electron chi connectivity index (χ3n) is 10.9. The summed E-state index contributed by atoms with van der Waals surface area (Å²) in [6.07, 6.45) is 5.81. The lowest BCUT2D eigenvalue weighted by Crippen LogP contribution is -2.57. The molecule has 1 aromatic carbocycles. The van der Waals surface area contributed by atoms with Crippen LogP contribution in [-0.2, 0) is 24.6 Å². The van der Waals surface area contributed by atoms with E-state index in [2.05, 4.69) is 16.7 Å². The average molecular weight is 574 g/mol. The van der Waals surface area contributed by atoms with Crippen LogP contribution in [-0.4, -0.2) is 65.1 Å². The fraction of sp³-hybridized carbons (Fsp3) is 0.667. The molecule has 224 valence electrons. The van der Waals surface area contributed by atoms with E-state index in [0.29, 0.717) is 29.9 Å². The first kappa shape index (κ1) is 28.7. The van der Waals surface area contributed by atoms with Crippen molar-refractivity contribution in [2.24, 2.45) is 28.6 Å². The van der Waals surface area contributed by atoms with Gasteiger partial charge in [0.25, 0.3) is 0 Å². The van der Waals surface area contributed by atoms with E-state index in [1.54, 1.807) is 14.0 Å². The van der Waals surface area contributed by atoms with Gasteiger partial charge in [0.05, 0.1) is 16.9 Å². The van der Waals surface area contributed by atoms with Gasteiger partial charge in [-0.3, -0.25) is 19.2 Å². The normalized spacial score (nSPS) is 33.7. The first-order chi connectivity index (χ1) is 19.8. The zero-order chi connectivity index (χ0) is 30.2. The fourth-order valence-electron chi connectivity index (χ4n) is 9.11. The van der Waals surface area contributed by atoms with Crippen LogP contribution in [0, 0.1) is 39.9 Å². The van der Waals surface area contributed by atoms with Gasteiger partial charge in [-0.25, -0.2) is 0 Å². The van der Waals surface area contributed by atoms with Crippen LogP contribution in [0.2, 0.25) is 0 Å². The molecule has 42 heavy (non-hydrogen) atoms. The predicted octanol–water partition coefficient (Wildman–Crippen LogP) is 3.60. The van der Waals surface area contributed by atoms with Crippen molar-refractivity contribution in [2.75, 3.05) is 18.9 Å². The predicted molar refractivity (Wildman–Crippen MR) is 157 cm³/mol. The summed E-state index contributed by atoms with van der Waals surface area (Å²) in [5.74, 6) is 1.01. The highest BCUT2D eigenvalue weighted by Crippen LogP contribution is 2.64. The van der Waals surface area contributed by atoms with E-state index in [4.69, 9.17) is 0 Å². The summed E-state index contributed by atoms with van der Waals surface area (Å²) < 4.78 is 0. The number of fused-ring (bicyclic) bond motifs is 2. The van der Waals surface area contributed by atoms with Crippen LogP contribution in [0.4, 0.5) is 5.69 Å². The lowest BCUT2D eigenvalue weighted by molar-refractivity contribution is -0.148. The highest BCUT2D eigenvalue weighted by molar-refractivity contribution is 6.07. The Morgan fingerprint density at radius 1 is 1.14 bits per heavy atom. The third kappa shape index (κ3) is 4.49. The van der Waals surface area contributed by atoms with Crippen molar-refractivity contribution < 1.29 is 19.2 Å². The van der Waals surface area contributed by atoms with Crippen LogP contribution < -0.4 is 10.6 Å². The van der Waals surface area contributed by atoms with Crippen molar-refractivity contribution in [2.45, 2.75) is 96.2 Å². The number of rotatable bonds is 6. The number of nitriles is 1. The number of likely N-dealkylation sites (N-methyl/N-ethyl adjacent to an activating group) is 1. The van der Waals surface area contributed by atoms with E-state index in [1.165, 1.54) is 22.6 Å². The largest absolute Gasteiger partial charge is 0.344 e. The Balaban J connectivity index is 1.21. The monoisotopic (exact) mass is 573 g/mol. The molecule has 4 aliphatic carbocycles. The molecule has 6 aliphatic rings. The first-order valence-electron chi connectivity index (χ1n) is 15.5. The Morgan fingerprint density at radius 3 is 2.43 bits per heavy atom. The number of hydrogen-bond donors (Lipinski definition) is 2. The number of benzene rings is 1. The van der Waals surface area contributed by atoms with Crippen molar-refractivity contribution >= 4 is 29.3 Å². The Kier molecular flexibility index (Phi) is 6.71. The van der Waals surface area contributed by atoms with Crippen LogP contribution in [0.5, 0.6) is 0 Å². The second kappa shape index (κ2) is 9.82. The molecule has 4 amide bonds. The topological polar surface area (TPSA) is 123 Å². The highest BCUT2D eigenvalue weighted by atomic mass is 16.2. The average Bonchev–Trinajstić information content (AvgIpc) is 3.63. The van der Waals surface area contributed by atoms with Crippen LogP contribution >= 0.6 is 0 Å². The van der Waals surface area contributed by atoms with Gasteiger partial charge in [-0.2, -0.15) is 5.26 Å². The van der Waals surface area contributed by atoms with Gasteiger partial charge < -0.3 is 20.4 Å². The minimum Gasteiger partial charge on any atom is -0.344 e. The van der Waals surface area contributed by atoms with E-state index in [0.717, 1.165) is 24.8 Å². The molecule has 9 heteroatoms. The minimum absolute atomic E-state index is 0.0238. The minimum atomic E-state index is -0.998. The standard InChI is InChI=1S/C33H43N5O4/c1-19(35-29(41)32-12-20-10-21(13-32)22(11-20)14-32)27(39)37(5)26(16-31(2,3)4)28(40)38-18-33(15-23(38)17-34)24-8-6-7-9-25(24)36-30(33)42/h6-9,19-23,26H,10-16,18H2,1-5H3,(H,35,41)(H,36,42)/t19-,20?,21?,22?,23-,26-,32?,33-/m0/s1. The summed E-state index contributed by atoms with van der Waals surface area (Å²) in [5.41, 5.74) is -0.152. The van der Waals surface area contributed by atoms with E-state index in [9.17, 15) is 24.4 Å². The molecule has 1 saturated heterocycles. The molecule has 9 nitrogen and oxygen atoms in total. The number of para-hydroxylation sites is 1. The van der Waals surface area contributed by atoms with E-state index >= 15 is 0 Å². The van der Waals surface area contributed by atoms with Crippen molar-refractivity contribution in [3.05, 3.63) is 29.8 Å². The quantitative estimate of drug-likeness (QED) is 0.539. The van der Waals surface area contributed by atoms with Crippen molar-refractivity contribution in [3.63, 3.8) is 0 Å². The summed E-state index contributed by atoms with van der Waals surface area (Å²) in [6, 6.07) is 7.24. The molecular weight excluding hydrogens is 530 g/mol. The molecule has 0 radical (unpaired) electrons. The van der Waals surface area contributed by atoms with Crippen molar-refractivity contribution in [1.82, 2.24) is 15.1 Å². The number of carbonyl (C=O) groups excluding carboxylic acids is 4. The number of nitrogens with zero attached hydrogens (tertiary/aromatic N) is 3. The van der Waals surface area contributed by atoms with Gasteiger partial charge in [0.2, 0.25) is 23.6 Å². The molecule has 4 bridgehead atoms. The molecule has 6 atom stereocenters. The molecule has 0 aromatic heterocycles. The second-order valence-corrected chi connectivity index (χ2v) is 15.1. The van der Waals surface area contributed by atoms with Gasteiger partial charge in [0, 0.05) is 25.7 Å². The maximum atomic E-state index is 14.3. The summed E-state index contributed by atoms with van der Waals surface area (Å²) in [5, 5.41) is 16.1. The fourth-order valence-corrected chi connectivity index (χ4v) is 9.11. The Labute approximate surface area is 248 Å². The maximum absolute atomic E-state index is 14.3. The smallest absolute Gasteiger partial charge is 0.246 e. The van der Waals surface area contributed by atoms with Crippen molar-refractivity contribution in [1.29, 1.82) is 5.26 Å². The molecule has 1 aromatic rings. The second-order valence-electron chi connectivity index (χ2n) is 15.1. The lowest BCUT2D eigenvalue weighted by atomic mass is 9.69. The molecule has 2 heterocycles. The number of nitrogens with one attached hydrogen (secondary N) is 2. The molecule has 5 fully saturated rings. The van der Waals surface area contributed by atoms with Gasteiger partial charge in [-0.05, 0) is 80.2 Å². The number of anilines is 1. The highest BCUT2D eigenvalue weighted by Gasteiger charge is 2.60. The molecular formula is C33H43N5O4. The van der Waals surface area contributed by atoms with Gasteiger partial charge >= 0.3 is 0 Å². The Hall–Kier alpha value is -3.41. The molecule has 2 N–H and O–H groups in total. The van der Waals surface area contributed by atoms with Crippen LogP contribution in [0.15, 0.2) is 24.3 Å². The lowest BCUT2D eigenvalue weighted by Gasteiger charge is -2.39. The van der Waals surface area contributed by atoms with Gasteiger partial charge in [0.15, 0.2) is 0 Å². The number of likely N-dealkylation sites (tertiary alicyclic amines) is 1. The van der Waals surface area contributed by atoms with E-state index in [-0.39, 0.29) is 47.4 Å². The van der Waals surface area contributed by atoms with Crippen molar-refractivity contribution in [3.8, 4) is 6.07 Å². The van der Waals surface area contributed by atoms with Gasteiger partial charge in [-0.15, -0.1) is 0 Å². The zero-order valence-electron chi connectivity index (χ0n) is 25.4. The number of hydrogen-bond acceptors (Lipinski definition) is 5. The molecule has 2 aliphatic heterocycles.